The number of fused-ring (bicyclic) bond motifs is 1. The standard InChI is InChI=1S/C14H17FN2/c1-9(2)7-10-8-13(16-3)11-5-4-6-12(15)14(11)17-10/h4-6,8-9H,7H2,1-3H3,(H,16,17). The predicted molar refractivity (Wildman–Crippen MR) is 69.8 cm³/mol. The fraction of sp³-hybridized carbons (Fsp3) is 0.357. The number of hydrogen-bond donors (Lipinski definition) is 1. The monoisotopic (exact) mass is 232 g/mol. The van der Waals surface area contributed by atoms with Gasteiger partial charge in [-0.3, -0.25) is 0 Å². The van der Waals surface area contributed by atoms with E-state index < -0.39 is 0 Å². The first kappa shape index (κ1) is 11.8. The molecule has 3 heteroatoms. The maximum atomic E-state index is 13.7. The molecule has 2 rings (SSSR count). The van der Waals surface area contributed by atoms with Crippen LogP contribution in [0.2, 0.25) is 0 Å². The van der Waals surface area contributed by atoms with Gasteiger partial charge in [0.25, 0.3) is 0 Å². The molecule has 0 bridgehead atoms. The Hall–Kier alpha value is -1.64. The highest BCUT2D eigenvalue weighted by molar-refractivity contribution is 5.91. The summed E-state index contributed by atoms with van der Waals surface area (Å²) in [6.45, 7) is 4.26. The zero-order valence-corrected chi connectivity index (χ0v) is 10.4. The molecule has 0 fully saturated rings. The number of halogens is 1. The van der Waals surface area contributed by atoms with Gasteiger partial charge in [0.05, 0.1) is 0 Å². The van der Waals surface area contributed by atoms with E-state index in [1.165, 1.54) is 6.07 Å². The SMILES string of the molecule is CNc1cc(CC(C)C)nc2c(F)cccc12. The van der Waals surface area contributed by atoms with E-state index in [0.717, 1.165) is 23.2 Å². The van der Waals surface area contributed by atoms with Crippen molar-refractivity contribution in [3.63, 3.8) is 0 Å². The van der Waals surface area contributed by atoms with Crippen molar-refractivity contribution in [1.29, 1.82) is 0 Å². The smallest absolute Gasteiger partial charge is 0.149 e. The van der Waals surface area contributed by atoms with Gasteiger partial charge in [-0.1, -0.05) is 26.0 Å². The van der Waals surface area contributed by atoms with Crippen molar-refractivity contribution >= 4 is 16.6 Å². The zero-order chi connectivity index (χ0) is 12.4. The Kier molecular flexibility index (Phi) is 3.27. The molecule has 0 aliphatic rings. The maximum Gasteiger partial charge on any atom is 0.149 e. The topological polar surface area (TPSA) is 24.9 Å². The Bertz CT molecular complexity index is 535. The number of anilines is 1. The number of hydrogen-bond acceptors (Lipinski definition) is 2. The molecule has 0 atom stereocenters. The highest BCUT2D eigenvalue weighted by Gasteiger charge is 2.09. The summed E-state index contributed by atoms with van der Waals surface area (Å²) >= 11 is 0. The van der Waals surface area contributed by atoms with Crippen LogP contribution in [0.1, 0.15) is 19.5 Å². The van der Waals surface area contributed by atoms with E-state index in [0.29, 0.717) is 11.4 Å². The molecule has 17 heavy (non-hydrogen) atoms. The number of nitrogens with one attached hydrogen (secondary N) is 1. The molecular formula is C14H17FN2. The minimum Gasteiger partial charge on any atom is -0.388 e. The van der Waals surface area contributed by atoms with E-state index in [1.54, 1.807) is 6.07 Å². The van der Waals surface area contributed by atoms with Crippen molar-refractivity contribution in [2.75, 3.05) is 12.4 Å². The van der Waals surface area contributed by atoms with Gasteiger partial charge in [-0.25, -0.2) is 9.37 Å². The first-order valence-electron chi connectivity index (χ1n) is 5.87. The van der Waals surface area contributed by atoms with Crippen LogP contribution in [-0.4, -0.2) is 12.0 Å². The molecule has 1 heterocycles. The molecule has 0 saturated carbocycles. The molecular weight excluding hydrogens is 215 g/mol. The molecule has 2 aromatic rings. The highest BCUT2D eigenvalue weighted by atomic mass is 19.1. The molecule has 0 spiro atoms. The minimum atomic E-state index is -0.260. The average molecular weight is 232 g/mol. The molecule has 2 nitrogen and oxygen atoms in total. The van der Waals surface area contributed by atoms with E-state index >= 15 is 0 Å². The lowest BCUT2D eigenvalue weighted by atomic mass is 10.1. The van der Waals surface area contributed by atoms with Crippen LogP contribution in [0.4, 0.5) is 10.1 Å². The summed E-state index contributed by atoms with van der Waals surface area (Å²) in [6, 6.07) is 7.05. The van der Waals surface area contributed by atoms with Crippen LogP contribution in [0.15, 0.2) is 24.3 Å². The second kappa shape index (κ2) is 4.70. The van der Waals surface area contributed by atoms with Crippen LogP contribution in [0.5, 0.6) is 0 Å². The molecule has 1 aromatic carbocycles. The molecule has 0 aliphatic heterocycles. The summed E-state index contributed by atoms with van der Waals surface area (Å²) in [4.78, 5) is 4.41. The first-order valence-corrected chi connectivity index (χ1v) is 5.87. The normalized spacial score (nSPS) is 11.1. The van der Waals surface area contributed by atoms with Crippen LogP contribution in [0, 0.1) is 11.7 Å². The number of pyridine rings is 1. The van der Waals surface area contributed by atoms with Crippen molar-refractivity contribution in [3.05, 3.63) is 35.8 Å². The van der Waals surface area contributed by atoms with E-state index in [-0.39, 0.29) is 5.82 Å². The average Bonchev–Trinajstić information content (AvgIpc) is 2.28. The lowest BCUT2D eigenvalue weighted by Gasteiger charge is -2.11. The van der Waals surface area contributed by atoms with Crippen molar-refractivity contribution in [2.24, 2.45) is 5.92 Å². The predicted octanol–water partition coefficient (Wildman–Crippen LogP) is 3.61. The quantitative estimate of drug-likeness (QED) is 0.874. The van der Waals surface area contributed by atoms with Gasteiger partial charge >= 0.3 is 0 Å². The highest BCUT2D eigenvalue weighted by Crippen LogP contribution is 2.25. The Balaban J connectivity index is 2.63. The minimum absolute atomic E-state index is 0.260. The van der Waals surface area contributed by atoms with Crippen LogP contribution in [0.25, 0.3) is 10.9 Å². The van der Waals surface area contributed by atoms with E-state index in [2.05, 4.69) is 24.1 Å². The molecule has 0 amide bonds. The Labute approximate surface area is 101 Å². The first-order chi connectivity index (χ1) is 8.11. The second-order valence-electron chi connectivity index (χ2n) is 4.65. The number of benzene rings is 1. The number of para-hydroxylation sites is 1. The third-order valence-electron chi connectivity index (χ3n) is 2.73. The molecule has 1 N–H and O–H groups in total. The van der Waals surface area contributed by atoms with Crippen molar-refractivity contribution in [2.45, 2.75) is 20.3 Å². The second-order valence-corrected chi connectivity index (χ2v) is 4.65. The van der Waals surface area contributed by atoms with Crippen molar-refractivity contribution in [1.82, 2.24) is 4.98 Å². The number of aromatic nitrogens is 1. The number of rotatable bonds is 3. The van der Waals surface area contributed by atoms with Crippen molar-refractivity contribution in [3.8, 4) is 0 Å². The molecule has 1 aromatic heterocycles. The van der Waals surface area contributed by atoms with E-state index in [1.807, 2.05) is 19.2 Å². The zero-order valence-electron chi connectivity index (χ0n) is 10.4. The number of nitrogens with zero attached hydrogens (tertiary/aromatic N) is 1. The van der Waals surface area contributed by atoms with E-state index in [9.17, 15) is 4.39 Å². The summed E-state index contributed by atoms with van der Waals surface area (Å²) in [5, 5.41) is 3.94. The van der Waals surface area contributed by atoms with Gasteiger partial charge in [-0.15, -0.1) is 0 Å². The van der Waals surface area contributed by atoms with Gasteiger partial charge in [0, 0.05) is 23.8 Å². The molecule has 0 saturated heterocycles. The summed E-state index contributed by atoms with van der Waals surface area (Å²) in [5.41, 5.74) is 2.32. The molecule has 0 aliphatic carbocycles. The Morgan fingerprint density at radius 3 is 2.76 bits per heavy atom. The van der Waals surface area contributed by atoms with Gasteiger partial charge in [-0.05, 0) is 24.5 Å². The lowest BCUT2D eigenvalue weighted by molar-refractivity contribution is 0.625. The molecule has 0 unspecified atom stereocenters. The Morgan fingerprint density at radius 2 is 2.12 bits per heavy atom. The third kappa shape index (κ3) is 2.38. The van der Waals surface area contributed by atoms with Gasteiger partial charge in [-0.2, -0.15) is 0 Å². The Morgan fingerprint density at radius 1 is 1.35 bits per heavy atom. The summed E-state index contributed by atoms with van der Waals surface area (Å²) in [7, 11) is 1.85. The summed E-state index contributed by atoms with van der Waals surface area (Å²) in [6.07, 6.45) is 0.860. The maximum absolute atomic E-state index is 13.7. The van der Waals surface area contributed by atoms with Crippen molar-refractivity contribution < 1.29 is 4.39 Å². The largest absolute Gasteiger partial charge is 0.388 e. The summed E-state index contributed by atoms with van der Waals surface area (Å²) in [5.74, 6) is 0.251. The van der Waals surface area contributed by atoms with Gasteiger partial charge < -0.3 is 5.32 Å². The van der Waals surface area contributed by atoms with Crippen LogP contribution in [-0.2, 0) is 6.42 Å². The third-order valence-corrected chi connectivity index (χ3v) is 2.73. The molecule has 90 valence electrons. The van der Waals surface area contributed by atoms with E-state index in [4.69, 9.17) is 0 Å². The van der Waals surface area contributed by atoms with Crippen LogP contribution < -0.4 is 5.32 Å². The van der Waals surface area contributed by atoms with Crippen LogP contribution >= 0.6 is 0 Å². The molecule has 0 radical (unpaired) electrons. The van der Waals surface area contributed by atoms with Gasteiger partial charge in [0.2, 0.25) is 0 Å². The van der Waals surface area contributed by atoms with Crippen LogP contribution in [0.3, 0.4) is 0 Å². The van der Waals surface area contributed by atoms with Gasteiger partial charge in [0.1, 0.15) is 11.3 Å². The summed E-state index contributed by atoms with van der Waals surface area (Å²) < 4.78 is 13.7. The lowest BCUT2D eigenvalue weighted by Crippen LogP contribution is -2.01. The van der Waals surface area contributed by atoms with Gasteiger partial charge in [0.15, 0.2) is 0 Å². The fourth-order valence-corrected chi connectivity index (χ4v) is 2.00. The fourth-order valence-electron chi connectivity index (χ4n) is 2.00.